The van der Waals surface area contributed by atoms with Gasteiger partial charge < -0.3 is 14.4 Å². The van der Waals surface area contributed by atoms with Crippen molar-refractivity contribution in [2.45, 2.75) is 213 Å². The second kappa shape index (κ2) is 33.6. The molecule has 298 valence electrons. The van der Waals surface area contributed by atoms with E-state index in [1.807, 2.05) is 0 Å². The van der Waals surface area contributed by atoms with Crippen LogP contribution in [0.5, 0.6) is 0 Å². The molecule has 0 aromatic heterocycles. The lowest BCUT2D eigenvalue weighted by molar-refractivity contribution is -0.151. The van der Waals surface area contributed by atoms with Gasteiger partial charge in [0.25, 0.3) is 0 Å². The topological polar surface area (TPSA) is 93.2 Å². The lowest BCUT2D eigenvalue weighted by atomic mass is 10.1. The van der Waals surface area contributed by atoms with E-state index in [1.54, 1.807) is 7.05 Å². The summed E-state index contributed by atoms with van der Waals surface area (Å²) in [5.41, 5.74) is 0. The van der Waals surface area contributed by atoms with Crippen molar-refractivity contribution >= 4 is 22.0 Å². The summed E-state index contributed by atoms with van der Waals surface area (Å²) in [5, 5.41) is 0. The molecule has 0 aliphatic carbocycles. The number of ether oxygens (including phenoxy) is 2. The second-order valence-corrected chi connectivity index (χ2v) is 16.9. The first kappa shape index (κ1) is 48.8. The Morgan fingerprint density at radius 2 is 0.880 bits per heavy atom. The van der Waals surface area contributed by atoms with E-state index in [-0.39, 0.29) is 24.1 Å². The van der Waals surface area contributed by atoms with Crippen LogP contribution in [0.3, 0.4) is 0 Å². The molecule has 0 aliphatic rings. The van der Waals surface area contributed by atoms with Gasteiger partial charge in [-0.15, -0.1) is 0 Å². The van der Waals surface area contributed by atoms with E-state index < -0.39 is 10.0 Å². The van der Waals surface area contributed by atoms with Gasteiger partial charge >= 0.3 is 11.9 Å². The number of sulfonamides is 1. The van der Waals surface area contributed by atoms with Gasteiger partial charge in [-0.25, -0.2) is 12.7 Å². The van der Waals surface area contributed by atoms with Gasteiger partial charge in [-0.05, 0) is 90.3 Å². The lowest BCUT2D eigenvalue weighted by Crippen LogP contribution is -2.32. The minimum absolute atomic E-state index is 0.0263. The molecule has 0 amide bonds. The Hall–Kier alpha value is -1.19. The molecule has 0 spiro atoms. The van der Waals surface area contributed by atoms with Crippen LogP contribution in [0, 0.1) is 0 Å². The number of rotatable bonds is 37. The molecule has 50 heavy (non-hydrogen) atoms. The fourth-order valence-electron chi connectivity index (χ4n) is 6.48. The first-order valence-corrected chi connectivity index (χ1v) is 22.9. The van der Waals surface area contributed by atoms with Crippen molar-refractivity contribution in [3.05, 3.63) is 0 Å². The summed E-state index contributed by atoms with van der Waals surface area (Å²) in [6, 6.07) is 0. The zero-order valence-electron chi connectivity index (χ0n) is 33.8. The molecule has 0 fully saturated rings. The Morgan fingerprint density at radius 3 is 1.38 bits per heavy atom. The third kappa shape index (κ3) is 30.4. The molecular formula is C41H82N2O6S. The van der Waals surface area contributed by atoms with Gasteiger partial charge in [0, 0.05) is 26.4 Å². The largest absolute Gasteiger partial charge is 0.462 e. The van der Waals surface area contributed by atoms with Crippen molar-refractivity contribution in [1.29, 1.82) is 0 Å². The Labute approximate surface area is 310 Å². The zero-order chi connectivity index (χ0) is 37.3. The summed E-state index contributed by atoms with van der Waals surface area (Å²) in [6.07, 6.45) is 29.6. The van der Waals surface area contributed by atoms with Gasteiger partial charge in [0.2, 0.25) is 10.0 Å². The molecule has 0 aliphatic heterocycles. The van der Waals surface area contributed by atoms with E-state index in [2.05, 4.69) is 32.6 Å². The fraction of sp³-hybridized carbons (Fsp3) is 0.951. The maximum atomic E-state index is 12.5. The fourth-order valence-corrected chi connectivity index (χ4v) is 6.94. The summed E-state index contributed by atoms with van der Waals surface area (Å²) in [5.74, 6) is -0.0560. The number of hydrogen-bond acceptors (Lipinski definition) is 7. The average molecular weight is 731 g/mol. The van der Waals surface area contributed by atoms with Crippen LogP contribution in [0.1, 0.15) is 201 Å². The Morgan fingerprint density at radius 1 is 0.480 bits per heavy atom. The number of unbranched alkanes of at least 4 members (excludes halogenated alkanes) is 14. The molecule has 0 saturated carbocycles. The maximum absolute atomic E-state index is 12.5. The molecule has 0 saturated heterocycles. The smallest absolute Gasteiger partial charge is 0.306 e. The number of carbonyl (C=O) groups excluding carboxylic acids is 2. The SMILES string of the molecule is CCCCCCC(CCC)OC(=O)CCCCCCCN(CCCCCCCC(=O)OC(CCCC)CCCCC)CCCN(C)S(C)(=O)=O. The lowest BCUT2D eigenvalue weighted by Gasteiger charge is -2.23. The molecule has 0 aromatic carbocycles. The van der Waals surface area contributed by atoms with Crippen LogP contribution < -0.4 is 0 Å². The minimum Gasteiger partial charge on any atom is -0.462 e. The third-order valence-corrected chi connectivity index (χ3v) is 11.1. The Kier molecular flexibility index (Phi) is 32.8. The van der Waals surface area contributed by atoms with Crippen molar-refractivity contribution in [3.63, 3.8) is 0 Å². The number of nitrogens with zero attached hydrogens (tertiary/aromatic N) is 2. The highest BCUT2D eigenvalue weighted by Crippen LogP contribution is 2.17. The summed E-state index contributed by atoms with van der Waals surface area (Å²) >= 11 is 0. The van der Waals surface area contributed by atoms with Gasteiger partial charge in [-0.1, -0.05) is 118 Å². The molecule has 0 N–H and O–H groups in total. The summed E-state index contributed by atoms with van der Waals surface area (Å²) < 4.78 is 36.8. The molecule has 8 nitrogen and oxygen atoms in total. The van der Waals surface area contributed by atoms with Crippen molar-refractivity contribution in [1.82, 2.24) is 9.21 Å². The minimum atomic E-state index is -3.16. The molecular weight excluding hydrogens is 649 g/mol. The van der Waals surface area contributed by atoms with E-state index >= 15 is 0 Å². The van der Waals surface area contributed by atoms with E-state index in [4.69, 9.17) is 9.47 Å². The monoisotopic (exact) mass is 731 g/mol. The third-order valence-electron chi connectivity index (χ3n) is 9.82. The van der Waals surface area contributed by atoms with E-state index in [9.17, 15) is 18.0 Å². The molecule has 2 unspecified atom stereocenters. The molecule has 0 rings (SSSR count). The quantitative estimate of drug-likeness (QED) is 0.0464. The van der Waals surface area contributed by atoms with Crippen molar-refractivity contribution in [2.75, 3.05) is 39.5 Å². The normalized spacial score (nSPS) is 13.2. The summed E-state index contributed by atoms with van der Waals surface area (Å²) in [4.78, 5) is 27.4. The number of hydrogen-bond donors (Lipinski definition) is 0. The molecule has 0 heterocycles. The van der Waals surface area contributed by atoms with Gasteiger partial charge in [0.05, 0.1) is 6.26 Å². The summed E-state index contributed by atoms with van der Waals surface area (Å²) in [7, 11) is -1.50. The van der Waals surface area contributed by atoms with Gasteiger partial charge in [0.1, 0.15) is 12.2 Å². The van der Waals surface area contributed by atoms with Gasteiger partial charge in [-0.3, -0.25) is 9.59 Å². The Bertz CT molecular complexity index is 899. The zero-order valence-corrected chi connectivity index (χ0v) is 34.6. The van der Waals surface area contributed by atoms with E-state index in [1.165, 1.54) is 42.7 Å². The van der Waals surface area contributed by atoms with Crippen LogP contribution in [0.4, 0.5) is 0 Å². The predicted molar refractivity (Wildman–Crippen MR) is 211 cm³/mol. The Balaban J connectivity index is 4.41. The molecule has 0 radical (unpaired) electrons. The maximum Gasteiger partial charge on any atom is 0.306 e. The first-order valence-electron chi connectivity index (χ1n) is 21.1. The molecule has 0 bridgehead atoms. The van der Waals surface area contributed by atoms with Crippen LogP contribution >= 0.6 is 0 Å². The van der Waals surface area contributed by atoms with E-state index in [0.717, 1.165) is 148 Å². The first-order chi connectivity index (χ1) is 24.1. The van der Waals surface area contributed by atoms with Crippen LogP contribution in [0.15, 0.2) is 0 Å². The predicted octanol–water partition coefficient (Wildman–Crippen LogP) is 10.6. The van der Waals surface area contributed by atoms with Crippen LogP contribution in [-0.2, 0) is 29.1 Å². The van der Waals surface area contributed by atoms with Crippen molar-refractivity contribution in [2.24, 2.45) is 0 Å². The van der Waals surface area contributed by atoms with Crippen LogP contribution in [0.2, 0.25) is 0 Å². The molecule has 9 heteroatoms. The molecule has 0 aromatic rings. The standard InChI is InChI=1S/C41H82N2O6S/c1-7-11-14-22-31-38(28-10-4)48-40(44)32-23-17-15-19-25-35-43(37-27-34-42(5)50(6,46)47)36-26-20-16-18-24-33-41(45)49-39(29-13-9-3)30-21-12-8-2/h38-39H,7-37H2,1-6H3. The number of esters is 2. The van der Waals surface area contributed by atoms with E-state index in [0.29, 0.717) is 19.4 Å². The van der Waals surface area contributed by atoms with Gasteiger partial charge in [-0.2, -0.15) is 0 Å². The van der Waals surface area contributed by atoms with Crippen molar-refractivity contribution in [3.8, 4) is 0 Å². The highest BCUT2D eigenvalue weighted by Gasteiger charge is 2.15. The highest BCUT2D eigenvalue weighted by atomic mass is 32.2. The van der Waals surface area contributed by atoms with Crippen LogP contribution in [-0.4, -0.2) is 81.3 Å². The summed E-state index contributed by atoms with van der Waals surface area (Å²) in [6.45, 7) is 12.2. The second-order valence-electron chi connectivity index (χ2n) is 14.8. The van der Waals surface area contributed by atoms with Crippen molar-refractivity contribution < 1.29 is 27.5 Å². The highest BCUT2D eigenvalue weighted by molar-refractivity contribution is 7.88. The van der Waals surface area contributed by atoms with Crippen LogP contribution in [0.25, 0.3) is 0 Å². The molecule has 2 atom stereocenters. The number of carbonyl (C=O) groups is 2. The van der Waals surface area contributed by atoms with Gasteiger partial charge in [0.15, 0.2) is 0 Å². The average Bonchev–Trinajstić information content (AvgIpc) is 3.07.